The molecule has 0 saturated heterocycles. The molecule has 1 rings (SSSR count). The van der Waals surface area contributed by atoms with Crippen molar-refractivity contribution in [1.82, 2.24) is 9.97 Å². The fourth-order valence-corrected chi connectivity index (χ4v) is 2.08. The number of rotatable bonds is 7. The first-order chi connectivity index (χ1) is 9.08. The van der Waals surface area contributed by atoms with E-state index in [1.54, 1.807) is 0 Å². The van der Waals surface area contributed by atoms with Gasteiger partial charge in [-0.05, 0) is 27.0 Å². The van der Waals surface area contributed by atoms with Gasteiger partial charge in [0.15, 0.2) is 5.16 Å². The van der Waals surface area contributed by atoms with Crippen LogP contribution in [0.5, 0.6) is 0 Å². The lowest BCUT2D eigenvalue weighted by Crippen LogP contribution is -2.25. The molecule has 0 fully saturated rings. The molecular formula is C11H19N5O2S. The molecule has 0 bridgehead atoms. The molecule has 1 aromatic heterocycles. The van der Waals surface area contributed by atoms with Crippen molar-refractivity contribution in [2.24, 2.45) is 0 Å². The van der Waals surface area contributed by atoms with Crippen molar-refractivity contribution in [3.05, 3.63) is 10.1 Å². The normalized spacial score (nSPS) is 10.3. The Labute approximate surface area is 117 Å². The van der Waals surface area contributed by atoms with Gasteiger partial charge in [-0.1, -0.05) is 11.8 Å². The van der Waals surface area contributed by atoms with Crippen LogP contribution in [0.1, 0.15) is 20.8 Å². The van der Waals surface area contributed by atoms with E-state index < -0.39 is 4.92 Å². The van der Waals surface area contributed by atoms with Crippen LogP contribution in [0.25, 0.3) is 0 Å². The number of nitrogens with one attached hydrogen (secondary N) is 1. The Balaban J connectivity index is 3.46. The van der Waals surface area contributed by atoms with Crippen molar-refractivity contribution in [1.29, 1.82) is 0 Å². The largest absolute Gasteiger partial charge is 0.364 e. The fraction of sp³-hybridized carbons (Fsp3) is 0.636. The second kappa shape index (κ2) is 7.13. The van der Waals surface area contributed by atoms with Crippen molar-refractivity contribution >= 4 is 29.1 Å². The third kappa shape index (κ3) is 3.46. The first-order valence-corrected chi connectivity index (χ1v) is 7.40. The van der Waals surface area contributed by atoms with E-state index in [4.69, 9.17) is 0 Å². The molecule has 0 aliphatic carbocycles. The van der Waals surface area contributed by atoms with Gasteiger partial charge in [0, 0.05) is 19.6 Å². The van der Waals surface area contributed by atoms with Gasteiger partial charge < -0.3 is 10.2 Å². The number of nitro groups is 1. The summed E-state index contributed by atoms with van der Waals surface area (Å²) in [6.07, 6.45) is 1.85. The quantitative estimate of drug-likeness (QED) is 0.356. The average Bonchev–Trinajstić information content (AvgIpc) is 2.39. The highest BCUT2D eigenvalue weighted by Gasteiger charge is 2.27. The molecule has 1 N–H and O–H groups in total. The van der Waals surface area contributed by atoms with Crippen LogP contribution in [0, 0.1) is 10.1 Å². The van der Waals surface area contributed by atoms with Crippen LogP contribution in [-0.4, -0.2) is 40.8 Å². The predicted octanol–water partition coefficient (Wildman–Crippen LogP) is 2.38. The number of nitrogens with zero attached hydrogens (tertiary/aromatic N) is 4. The van der Waals surface area contributed by atoms with Gasteiger partial charge in [0.1, 0.15) is 0 Å². The molecule has 0 spiro atoms. The first kappa shape index (κ1) is 15.5. The van der Waals surface area contributed by atoms with Crippen molar-refractivity contribution in [2.75, 3.05) is 36.1 Å². The Morgan fingerprint density at radius 2 is 1.95 bits per heavy atom. The minimum atomic E-state index is -0.421. The van der Waals surface area contributed by atoms with Crippen LogP contribution in [0.2, 0.25) is 0 Å². The SMILES string of the molecule is CCNc1nc(SC)nc(N(CC)CC)c1[N+](=O)[O-]. The minimum absolute atomic E-state index is 0.0525. The zero-order valence-corrected chi connectivity index (χ0v) is 12.5. The van der Waals surface area contributed by atoms with Crippen LogP contribution in [-0.2, 0) is 0 Å². The molecule has 0 atom stereocenters. The Bertz CT molecular complexity index is 451. The summed E-state index contributed by atoms with van der Waals surface area (Å²) >= 11 is 1.37. The summed E-state index contributed by atoms with van der Waals surface area (Å²) in [5, 5.41) is 14.8. The maximum Gasteiger partial charge on any atom is 0.353 e. The van der Waals surface area contributed by atoms with Crippen LogP contribution in [0.4, 0.5) is 17.3 Å². The number of aromatic nitrogens is 2. The molecule has 106 valence electrons. The van der Waals surface area contributed by atoms with Crippen molar-refractivity contribution < 1.29 is 4.92 Å². The van der Waals surface area contributed by atoms with E-state index >= 15 is 0 Å². The third-order valence-corrected chi connectivity index (χ3v) is 3.17. The predicted molar refractivity (Wildman–Crippen MR) is 78.2 cm³/mol. The summed E-state index contributed by atoms with van der Waals surface area (Å²) in [7, 11) is 0. The maximum absolute atomic E-state index is 11.3. The topological polar surface area (TPSA) is 84.2 Å². The van der Waals surface area contributed by atoms with Crippen molar-refractivity contribution in [2.45, 2.75) is 25.9 Å². The van der Waals surface area contributed by atoms with Crippen LogP contribution < -0.4 is 10.2 Å². The molecule has 0 radical (unpaired) electrons. The molecule has 0 aromatic carbocycles. The maximum atomic E-state index is 11.3. The molecule has 0 amide bonds. The fourth-order valence-electron chi connectivity index (χ4n) is 1.72. The van der Waals surface area contributed by atoms with E-state index in [1.807, 2.05) is 31.9 Å². The van der Waals surface area contributed by atoms with Crippen LogP contribution in [0.3, 0.4) is 0 Å². The van der Waals surface area contributed by atoms with E-state index in [0.717, 1.165) is 0 Å². The Hall–Kier alpha value is -1.57. The Morgan fingerprint density at radius 1 is 1.32 bits per heavy atom. The van der Waals surface area contributed by atoms with Crippen molar-refractivity contribution in [3.8, 4) is 0 Å². The second-order valence-corrected chi connectivity index (χ2v) is 4.46. The Morgan fingerprint density at radius 3 is 2.37 bits per heavy atom. The van der Waals surface area contributed by atoms with Gasteiger partial charge >= 0.3 is 5.69 Å². The number of anilines is 2. The van der Waals surface area contributed by atoms with E-state index in [-0.39, 0.29) is 11.5 Å². The monoisotopic (exact) mass is 285 g/mol. The highest BCUT2D eigenvalue weighted by molar-refractivity contribution is 7.98. The van der Waals surface area contributed by atoms with E-state index in [1.165, 1.54) is 11.8 Å². The Kier molecular flexibility index (Phi) is 5.81. The zero-order valence-electron chi connectivity index (χ0n) is 11.6. The second-order valence-electron chi connectivity index (χ2n) is 3.69. The standard InChI is InChI=1S/C11H19N5O2S/c1-5-12-9-8(16(17)18)10(15(6-2)7-3)14-11(13-9)19-4/h5-7H2,1-4H3,(H,12,13,14). The molecule has 0 saturated carbocycles. The molecule has 19 heavy (non-hydrogen) atoms. The van der Waals surface area contributed by atoms with Crippen LogP contribution >= 0.6 is 11.8 Å². The van der Waals surface area contributed by atoms with E-state index in [2.05, 4.69) is 15.3 Å². The summed E-state index contributed by atoms with van der Waals surface area (Å²) in [4.78, 5) is 21.2. The van der Waals surface area contributed by atoms with Gasteiger partial charge in [-0.25, -0.2) is 0 Å². The summed E-state index contributed by atoms with van der Waals surface area (Å²) in [6, 6.07) is 0. The van der Waals surface area contributed by atoms with Gasteiger partial charge in [0.25, 0.3) is 0 Å². The summed E-state index contributed by atoms with van der Waals surface area (Å²) < 4.78 is 0. The molecule has 0 aliphatic rings. The van der Waals surface area contributed by atoms with Gasteiger partial charge in [-0.3, -0.25) is 10.1 Å². The number of hydrogen-bond donors (Lipinski definition) is 1. The first-order valence-electron chi connectivity index (χ1n) is 6.18. The smallest absolute Gasteiger partial charge is 0.353 e. The molecular weight excluding hydrogens is 266 g/mol. The van der Waals surface area contributed by atoms with Gasteiger partial charge in [0.05, 0.1) is 4.92 Å². The van der Waals surface area contributed by atoms with E-state index in [0.29, 0.717) is 30.6 Å². The molecule has 0 unspecified atom stereocenters. The molecule has 1 heterocycles. The average molecular weight is 285 g/mol. The molecule has 1 aromatic rings. The van der Waals surface area contributed by atoms with Crippen molar-refractivity contribution in [3.63, 3.8) is 0 Å². The zero-order chi connectivity index (χ0) is 14.4. The lowest BCUT2D eigenvalue weighted by atomic mass is 10.3. The highest BCUT2D eigenvalue weighted by Crippen LogP contribution is 2.34. The minimum Gasteiger partial charge on any atom is -0.364 e. The van der Waals surface area contributed by atoms with E-state index in [9.17, 15) is 10.1 Å². The van der Waals surface area contributed by atoms with Gasteiger partial charge in [-0.15, -0.1) is 0 Å². The lowest BCUT2D eigenvalue weighted by Gasteiger charge is -2.20. The number of thioether (sulfide) groups is 1. The molecule has 7 nitrogen and oxygen atoms in total. The van der Waals surface area contributed by atoms with Gasteiger partial charge in [-0.2, -0.15) is 9.97 Å². The van der Waals surface area contributed by atoms with Crippen LogP contribution in [0.15, 0.2) is 5.16 Å². The third-order valence-electron chi connectivity index (χ3n) is 2.62. The summed E-state index contributed by atoms with van der Waals surface area (Å²) in [6.45, 7) is 7.66. The van der Waals surface area contributed by atoms with Gasteiger partial charge in [0.2, 0.25) is 11.6 Å². The highest BCUT2D eigenvalue weighted by atomic mass is 32.2. The number of hydrogen-bond acceptors (Lipinski definition) is 7. The lowest BCUT2D eigenvalue weighted by molar-refractivity contribution is -0.383. The molecule has 8 heteroatoms. The summed E-state index contributed by atoms with van der Waals surface area (Å²) in [5.41, 5.74) is -0.0525. The molecule has 0 aliphatic heterocycles. The summed E-state index contributed by atoms with van der Waals surface area (Å²) in [5.74, 6) is 0.666.